The van der Waals surface area contributed by atoms with Crippen LogP contribution in [0.1, 0.15) is 13.3 Å². The molecule has 0 aromatic heterocycles. The van der Waals surface area contributed by atoms with E-state index in [9.17, 15) is 13.0 Å². The lowest BCUT2D eigenvalue weighted by Gasteiger charge is -2.12. The number of rotatable bonds is 7. The number of hydrogen-bond donors (Lipinski definition) is 1. The maximum atomic E-state index is 11.3. The summed E-state index contributed by atoms with van der Waals surface area (Å²) in [6.07, 6.45) is 0.0870. The average Bonchev–Trinajstić information content (AvgIpc) is 1.96. The van der Waals surface area contributed by atoms with Crippen LogP contribution < -0.4 is 0 Å². The zero-order valence-electron chi connectivity index (χ0n) is 8.17. The summed E-state index contributed by atoms with van der Waals surface area (Å²) in [6, 6.07) is 0. The van der Waals surface area contributed by atoms with Crippen molar-refractivity contribution in [2.75, 3.05) is 25.6 Å². The maximum absolute atomic E-state index is 11.3. The normalized spacial score (nSPS) is 16.5. The topological polar surface area (TPSA) is 89.9 Å². The Labute approximate surface area is 83.9 Å². The van der Waals surface area contributed by atoms with Crippen molar-refractivity contribution in [1.29, 1.82) is 0 Å². The summed E-state index contributed by atoms with van der Waals surface area (Å²) in [4.78, 5) is 0. The lowest BCUT2D eigenvalue weighted by molar-refractivity contribution is 0.216. The van der Waals surface area contributed by atoms with Crippen LogP contribution in [0.4, 0.5) is 0 Å². The molecule has 0 aliphatic rings. The third-order valence-corrected chi connectivity index (χ3v) is 3.42. The molecule has 0 aliphatic heterocycles. The van der Waals surface area contributed by atoms with Gasteiger partial charge in [-0.25, -0.2) is 0 Å². The van der Waals surface area contributed by atoms with E-state index in [1.165, 1.54) is 6.66 Å². The third-order valence-electron chi connectivity index (χ3n) is 1.24. The molecular formula is C6H15O6PS. The van der Waals surface area contributed by atoms with Crippen LogP contribution in [-0.4, -0.2) is 38.6 Å². The van der Waals surface area contributed by atoms with Crippen molar-refractivity contribution in [2.24, 2.45) is 0 Å². The van der Waals surface area contributed by atoms with Crippen LogP contribution in [0.3, 0.4) is 0 Å². The minimum atomic E-state index is -3.96. The minimum Gasteiger partial charge on any atom is -0.309 e. The van der Waals surface area contributed by atoms with Gasteiger partial charge in [-0.15, -0.1) is 0 Å². The van der Waals surface area contributed by atoms with Crippen molar-refractivity contribution in [2.45, 2.75) is 13.3 Å². The number of hydrogen-bond acceptors (Lipinski definition) is 5. The highest BCUT2D eigenvalue weighted by Crippen LogP contribution is 2.43. The van der Waals surface area contributed by atoms with E-state index in [0.717, 1.165) is 0 Å². The SMILES string of the molecule is CCOP(C)(=O)OCCCS(=O)(=O)O. The highest BCUT2D eigenvalue weighted by atomic mass is 32.2. The lowest BCUT2D eigenvalue weighted by atomic mass is 10.5. The van der Waals surface area contributed by atoms with E-state index in [1.807, 2.05) is 0 Å². The van der Waals surface area contributed by atoms with Gasteiger partial charge in [-0.2, -0.15) is 8.42 Å². The average molecular weight is 246 g/mol. The van der Waals surface area contributed by atoms with Crippen molar-refractivity contribution in [3.05, 3.63) is 0 Å². The van der Waals surface area contributed by atoms with Gasteiger partial charge in [-0.05, 0) is 13.3 Å². The Morgan fingerprint density at radius 2 is 1.93 bits per heavy atom. The van der Waals surface area contributed by atoms with Gasteiger partial charge in [0.15, 0.2) is 0 Å². The highest BCUT2D eigenvalue weighted by molar-refractivity contribution is 7.85. The molecule has 1 unspecified atom stereocenters. The van der Waals surface area contributed by atoms with Gasteiger partial charge < -0.3 is 9.05 Å². The molecule has 0 radical (unpaired) electrons. The molecule has 0 amide bonds. The molecule has 0 bridgehead atoms. The smallest absolute Gasteiger partial charge is 0.309 e. The Balaban J connectivity index is 3.70. The van der Waals surface area contributed by atoms with Crippen molar-refractivity contribution in [1.82, 2.24) is 0 Å². The second-order valence-electron chi connectivity index (χ2n) is 2.66. The van der Waals surface area contributed by atoms with E-state index in [0.29, 0.717) is 0 Å². The summed E-state index contributed by atoms with van der Waals surface area (Å²) in [5.74, 6) is -0.404. The second kappa shape index (κ2) is 5.82. The van der Waals surface area contributed by atoms with Gasteiger partial charge in [0.2, 0.25) is 0 Å². The first-order valence-corrected chi connectivity index (χ1v) is 7.68. The Morgan fingerprint density at radius 1 is 1.36 bits per heavy atom. The quantitative estimate of drug-likeness (QED) is 0.411. The standard InChI is InChI=1S/C6H15O6PS/c1-3-11-13(2,7)12-5-4-6-14(8,9)10/h3-6H2,1-2H3,(H,8,9,10). The first kappa shape index (κ1) is 14.1. The molecule has 1 atom stereocenters. The molecule has 0 saturated carbocycles. The minimum absolute atomic E-state index is 0.0203. The van der Waals surface area contributed by atoms with Gasteiger partial charge in [-0.3, -0.25) is 9.12 Å². The van der Waals surface area contributed by atoms with Crippen LogP contribution in [0.25, 0.3) is 0 Å². The zero-order valence-corrected chi connectivity index (χ0v) is 9.88. The molecular weight excluding hydrogens is 231 g/mol. The zero-order chi connectivity index (χ0) is 11.2. The molecule has 0 spiro atoms. The molecule has 0 aromatic carbocycles. The van der Waals surface area contributed by atoms with Gasteiger partial charge in [0.05, 0.1) is 19.0 Å². The fourth-order valence-electron chi connectivity index (χ4n) is 0.743. The largest absolute Gasteiger partial charge is 0.327 e. The van der Waals surface area contributed by atoms with Crippen molar-refractivity contribution in [3.63, 3.8) is 0 Å². The molecule has 0 saturated heterocycles. The van der Waals surface area contributed by atoms with E-state index in [-0.39, 0.29) is 19.6 Å². The monoisotopic (exact) mass is 246 g/mol. The van der Waals surface area contributed by atoms with Gasteiger partial charge in [0.1, 0.15) is 0 Å². The summed E-state index contributed by atoms with van der Waals surface area (Å²) in [5.41, 5.74) is 0. The van der Waals surface area contributed by atoms with Gasteiger partial charge in [0, 0.05) is 6.66 Å². The summed E-state index contributed by atoms with van der Waals surface area (Å²) in [6.45, 7) is 3.24. The molecule has 0 heterocycles. The predicted octanol–water partition coefficient (Wildman–Crippen LogP) is 1.14. The van der Waals surface area contributed by atoms with Crippen LogP contribution in [0, 0.1) is 0 Å². The van der Waals surface area contributed by atoms with Crippen LogP contribution in [0.15, 0.2) is 0 Å². The third kappa shape index (κ3) is 8.65. The molecule has 0 aliphatic carbocycles. The summed E-state index contributed by atoms with van der Waals surface area (Å²) in [5, 5.41) is 0. The van der Waals surface area contributed by atoms with Gasteiger partial charge >= 0.3 is 7.60 Å². The predicted molar refractivity (Wildman–Crippen MR) is 52.1 cm³/mol. The summed E-state index contributed by atoms with van der Waals surface area (Å²) in [7, 11) is -7.02. The lowest BCUT2D eigenvalue weighted by Crippen LogP contribution is -2.07. The van der Waals surface area contributed by atoms with E-state index in [1.54, 1.807) is 6.92 Å². The molecule has 0 rings (SSSR count). The van der Waals surface area contributed by atoms with E-state index in [2.05, 4.69) is 0 Å². The highest BCUT2D eigenvalue weighted by Gasteiger charge is 2.15. The Morgan fingerprint density at radius 3 is 2.36 bits per heavy atom. The van der Waals surface area contributed by atoms with Crippen LogP contribution in [0.2, 0.25) is 0 Å². The first-order chi connectivity index (χ1) is 6.27. The molecule has 0 aromatic rings. The maximum Gasteiger partial charge on any atom is 0.327 e. The summed E-state index contributed by atoms with van der Waals surface area (Å²) >= 11 is 0. The Kier molecular flexibility index (Phi) is 5.85. The Hall–Kier alpha value is 0.0600. The van der Waals surface area contributed by atoms with Crippen molar-refractivity contribution in [3.8, 4) is 0 Å². The molecule has 86 valence electrons. The molecule has 6 nitrogen and oxygen atoms in total. The van der Waals surface area contributed by atoms with E-state index < -0.39 is 23.5 Å². The van der Waals surface area contributed by atoms with Crippen LogP contribution in [0.5, 0.6) is 0 Å². The first-order valence-electron chi connectivity index (χ1n) is 4.08. The summed E-state index contributed by atoms with van der Waals surface area (Å²) < 4.78 is 49.8. The Bertz CT molecular complexity index is 297. The second-order valence-corrected chi connectivity index (χ2v) is 6.29. The van der Waals surface area contributed by atoms with Gasteiger partial charge in [-0.1, -0.05) is 0 Å². The fraction of sp³-hybridized carbons (Fsp3) is 1.00. The molecule has 8 heteroatoms. The van der Waals surface area contributed by atoms with E-state index >= 15 is 0 Å². The van der Waals surface area contributed by atoms with Crippen LogP contribution in [-0.2, 0) is 23.7 Å². The van der Waals surface area contributed by atoms with Crippen molar-refractivity contribution >= 4 is 17.7 Å². The molecule has 14 heavy (non-hydrogen) atoms. The van der Waals surface area contributed by atoms with Crippen LogP contribution >= 0.6 is 7.60 Å². The molecule has 0 fully saturated rings. The van der Waals surface area contributed by atoms with Gasteiger partial charge in [0.25, 0.3) is 10.1 Å². The van der Waals surface area contributed by atoms with Crippen molar-refractivity contribution < 1.29 is 26.6 Å². The fourth-order valence-corrected chi connectivity index (χ4v) is 2.23. The molecule has 1 N–H and O–H groups in total. The van der Waals surface area contributed by atoms with E-state index in [4.69, 9.17) is 13.6 Å².